The molecule has 0 saturated carbocycles. The molecule has 2 N–H and O–H groups in total. The lowest BCUT2D eigenvalue weighted by molar-refractivity contribution is 0.273. The summed E-state index contributed by atoms with van der Waals surface area (Å²) < 4.78 is 0. The zero-order valence-corrected chi connectivity index (χ0v) is 10.5. The molecule has 0 radical (unpaired) electrons. The first-order valence-corrected chi connectivity index (χ1v) is 7.03. The number of rotatable bonds is 6. The summed E-state index contributed by atoms with van der Waals surface area (Å²) in [5.74, 6) is 0.886. The molecule has 3 nitrogen and oxygen atoms in total. The molecule has 2 saturated heterocycles. The predicted molar refractivity (Wildman–Crippen MR) is 68.5 cm³/mol. The van der Waals surface area contributed by atoms with E-state index in [-0.39, 0.29) is 0 Å². The monoisotopic (exact) mass is 225 g/mol. The van der Waals surface area contributed by atoms with Gasteiger partial charge in [-0.3, -0.25) is 0 Å². The van der Waals surface area contributed by atoms with E-state index in [1.807, 2.05) is 0 Å². The third-order valence-corrected chi connectivity index (χ3v) is 4.09. The standard InChI is InChI=1S/C13H27N3/c14-6-4-13-5-11-16(12-13)10-3-9-15-7-1-2-8-15/h13H,1-12,14H2. The number of hydrogen-bond donors (Lipinski definition) is 1. The highest BCUT2D eigenvalue weighted by Crippen LogP contribution is 2.19. The first kappa shape index (κ1) is 12.3. The van der Waals surface area contributed by atoms with Crippen LogP contribution in [0.2, 0.25) is 0 Å². The summed E-state index contributed by atoms with van der Waals surface area (Å²) in [7, 11) is 0. The molecule has 0 aliphatic carbocycles. The van der Waals surface area contributed by atoms with Gasteiger partial charge in [-0.05, 0) is 77.3 Å². The Balaban J connectivity index is 1.53. The van der Waals surface area contributed by atoms with Crippen molar-refractivity contribution < 1.29 is 0 Å². The summed E-state index contributed by atoms with van der Waals surface area (Å²) in [6.07, 6.45) is 6.80. The Labute approximate surface area is 100.0 Å². The molecule has 0 bridgehead atoms. The minimum Gasteiger partial charge on any atom is -0.330 e. The van der Waals surface area contributed by atoms with Crippen LogP contribution in [-0.2, 0) is 0 Å². The van der Waals surface area contributed by atoms with Crippen molar-refractivity contribution in [2.75, 3.05) is 45.8 Å². The third-order valence-electron chi connectivity index (χ3n) is 4.09. The van der Waals surface area contributed by atoms with Gasteiger partial charge < -0.3 is 15.5 Å². The van der Waals surface area contributed by atoms with E-state index in [1.54, 1.807) is 0 Å². The largest absolute Gasteiger partial charge is 0.330 e. The minimum atomic E-state index is 0.867. The van der Waals surface area contributed by atoms with Gasteiger partial charge in [-0.1, -0.05) is 0 Å². The Kier molecular flexibility index (Phi) is 5.07. The summed E-state index contributed by atoms with van der Waals surface area (Å²) in [4.78, 5) is 5.25. The van der Waals surface area contributed by atoms with E-state index in [2.05, 4.69) is 9.80 Å². The predicted octanol–water partition coefficient (Wildman–Crippen LogP) is 1.14. The van der Waals surface area contributed by atoms with Crippen LogP contribution in [0.3, 0.4) is 0 Å². The molecular formula is C13H27N3. The van der Waals surface area contributed by atoms with Crippen LogP contribution in [0.25, 0.3) is 0 Å². The molecule has 2 heterocycles. The quantitative estimate of drug-likeness (QED) is 0.736. The van der Waals surface area contributed by atoms with E-state index >= 15 is 0 Å². The molecular weight excluding hydrogens is 198 g/mol. The average Bonchev–Trinajstić information content (AvgIpc) is 2.90. The Bertz CT molecular complexity index is 190. The molecule has 3 heteroatoms. The van der Waals surface area contributed by atoms with Gasteiger partial charge in [0.15, 0.2) is 0 Å². The highest BCUT2D eigenvalue weighted by atomic mass is 15.2. The van der Waals surface area contributed by atoms with Crippen LogP contribution >= 0.6 is 0 Å². The highest BCUT2D eigenvalue weighted by Gasteiger charge is 2.21. The zero-order valence-electron chi connectivity index (χ0n) is 10.5. The normalized spacial score (nSPS) is 27.9. The minimum absolute atomic E-state index is 0.867. The van der Waals surface area contributed by atoms with Crippen molar-refractivity contribution >= 4 is 0 Å². The molecule has 1 unspecified atom stereocenters. The molecule has 16 heavy (non-hydrogen) atoms. The maximum absolute atomic E-state index is 5.61. The van der Waals surface area contributed by atoms with E-state index in [0.717, 1.165) is 12.5 Å². The Hall–Kier alpha value is -0.120. The molecule has 94 valence electrons. The second-order valence-corrected chi connectivity index (χ2v) is 5.43. The van der Waals surface area contributed by atoms with Crippen molar-refractivity contribution in [3.8, 4) is 0 Å². The van der Waals surface area contributed by atoms with Gasteiger partial charge in [0, 0.05) is 6.54 Å². The third kappa shape index (κ3) is 3.72. The van der Waals surface area contributed by atoms with E-state index in [1.165, 1.54) is 71.4 Å². The second-order valence-electron chi connectivity index (χ2n) is 5.43. The maximum Gasteiger partial charge on any atom is 0.00106 e. The molecule has 0 spiro atoms. The van der Waals surface area contributed by atoms with Gasteiger partial charge in [0.25, 0.3) is 0 Å². The molecule has 2 aliphatic heterocycles. The Morgan fingerprint density at radius 2 is 1.75 bits per heavy atom. The van der Waals surface area contributed by atoms with Gasteiger partial charge >= 0.3 is 0 Å². The summed E-state index contributed by atoms with van der Waals surface area (Å²) in [5.41, 5.74) is 5.61. The van der Waals surface area contributed by atoms with Gasteiger partial charge in [-0.2, -0.15) is 0 Å². The molecule has 2 fully saturated rings. The number of likely N-dealkylation sites (tertiary alicyclic amines) is 2. The lowest BCUT2D eigenvalue weighted by Gasteiger charge is -2.19. The number of hydrogen-bond acceptors (Lipinski definition) is 3. The van der Waals surface area contributed by atoms with E-state index in [0.29, 0.717) is 0 Å². The number of nitrogens with two attached hydrogens (primary N) is 1. The fourth-order valence-corrected chi connectivity index (χ4v) is 3.11. The highest BCUT2D eigenvalue weighted by molar-refractivity contribution is 4.76. The van der Waals surface area contributed by atoms with Gasteiger partial charge in [-0.25, -0.2) is 0 Å². The SMILES string of the molecule is NCCC1CCN(CCCN2CCCC2)C1. The maximum atomic E-state index is 5.61. The van der Waals surface area contributed by atoms with E-state index < -0.39 is 0 Å². The topological polar surface area (TPSA) is 32.5 Å². The molecule has 0 aromatic carbocycles. The summed E-state index contributed by atoms with van der Waals surface area (Å²) >= 11 is 0. The molecule has 0 aromatic heterocycles. The van der Waals surface area contributed by atoms with Crippen LogP contribution in [0, 0.1) is 5.92 Å². The first-order valence-electron chi connectivity index (χ1n) is 7.03. The Morgan fingerprint density at radius 3 is 2.50 bits per heavy atom. The van der Waals surface area contributed by atoms with Crippen molar-refractivity contribution in [2.24, 2.45) is 11.7 Å². The molecule has 0 amide bonds. The second kappa shape index (κ2) is 6.58. The van der Waals surface area contributed by atoms with Crippen molar-refractivity contribution in [1.29, 1.82) is 0 Å². The molecule has 0 aromatic rings. The summed E-state index contributed by atoms with van der Waals surface area (Å²) in [6.45, 7) is 8.79. The lowest BCUT2D eigenvalue weighted by Crippen LogP contribution is -2.27. The smallest absolute Gasteiger partial charge is 0.00106 e. The molecule has 2 rings (SSSR count). The van der Waals surface area contributed by atoms with Gasteiger partial charge in [0.1, 0.15) is 0 Å². The van der Waals surface area contributed by atoms with Crippen LogP contribution in [-0.4, -0.2) is 55.6 Å². The van der Waals surface area contributed by atoms with Crippen LogP contribution in [0.4, 0.5) is 0 Å². The van der Waals surface area contributed by atoms with Crippen molar-refractivity contribution in [3.63, 3.8) is 0 Å². The van der Waals surface area contributed by atoms with Crippen molar-refractivity contribution in [2.45, 2.75) is 32.1 Å². The summed E-state index contributed by atoms with van der Waals surface area (Å²) in [5, 5.41) is 0. The van der Waals surface area contributed by atoms with Crippen molar-refractivity contribution in [1.82, 2.24) is 9.80 Å². The first-order chi connectivity index (χ1) is 7.88. The van der Waals surface area contributed by atoms with Crippen LogP contribution < -0.4 is 5.73 Å². The molecule has 1 atom stereocenters. The lowest BCUT2D eigenvalue weighted by atomic mass is 10.1. The summed E-state index contributed by atoms with van der Waals surface area (Å²) in [6, 6.07) is 0. The van der Waals surface area contributed by atoms with E-state index in [9.17, 15) is 0 Å². The number of nitrogens with zero attached hydrogens (tertiary/aromatic N) is 2. The van der Waals surface area contributed by atoms with Crippen LogP contribution in [0.1, 0.15) is 32.1 Å². The van der Waals surface area contributed by atoms with Gasteiger partial charge in [0.05, 0.1) is 0 Å². The molecule has 2 aliphatic rings. The zero-order chi connectivity index (χ0) is 11.2. The van der Waals surface area contributed by atoms with Crippen molar-refractivity contribution in [3.05, 3.63) is 0 Å². The fraction of sp³-hybridized carbons (Fsp3) is 1.00. The van der Waals surface area contributed by atoms with E-state index in [4.69, 9.17) is 5.73 Å². The van der Waals surface area contributed by atoms with Gasteiger partial charge in [-0.15, -0.1) is 0 Å². The average molecular weight is 225 g/mol. The van der Waals surface area contributed by atoms with Gasteiger partial charge in [0.2, 0.25) is 0 Å². The van der Waals surface area contributed by atoms with Crippen LogP contribution in [0.15, 0.2) is 0 Å². The van der Waals surface area contributed by atoms with Crippen LogP contribution in [0.5, 0.6) is 0 Å². The Morgan fingerprint density at radius 1 is 1.00 bits per heavy atom. The fourth-order valence-electron chi connectivity index (χ4n) is 3.11.